The zero-order chi connectivity index (χ0) is 19.1. The number of pyridine rings is 1. The molecule has 1 aromatic carbocycles. The van der Waals surface area contributed by atoms with Crippen LogP contribution in [0.5, 0.6) is 0 Å². The van der Waals surface area contributed by atoms with Crippen molar-refractivity contribution in [2.24, 2.45) is 0 Å². The molecule has 1 aliphatic rings. The number of nitrogens with zero attached hydrogens (tertiary/aromatic N) is 3. The van der Waals surface area contributed by atoms with Gasteiger partial charge in [-0.1, -0.05) is 30.3 Å². The van der Waals surface area contributed by atoms with E-state index in [0.29, 0.717) is 17.9 Å². The van der Waals surface area contributed by atoms with Crippen molar-refractivity contribution in [3.63, 3.8) is 0 Å². The number of alkyl halides is 3. The number of rotatable bonds is 5. The summed E-state index contributed by atoms with van der Waals surface area (Å²) in [5.74, 6) is -2.50. The summed E-state index contributed by atoms with van der Waals surface area (Å²) in [5, 5.41) is 8.88. The first-order chi connectivity index (χ1) is 12.9. The van der Waals surface area contributed by atoms with Crippen LogP contribution >= 0.6 is 0 Å². The van der Waals surface area contributed by atoms with Gasteiger partial charge in [0, 0.05) is 18.2 Å². The van der Waals surface area contributed by atoms with E-state index in [1.807, 2.05) is 18.2 Å². The maximum absolute atomic E-state index is 12.4. The molecule has 2 heterocycles. The molecule has 9 heteroatoms. The molecule has 0 spiro atoms. The van der Waals surface area contributed by atoms with Crippen LogP contribution in [0.2, 0.25) is 0 Å². The fraction of sp³-hybridized carbons (Fsp3) is 0.278. The lowest BCUT2D eigenvalue weighted by molar-refractivity contribution is -0.167. The molecular formula is C18H16F3N5O. The fourth-order valence-electron chi connectivity index (χ4n) is 3.04. The highest BCUT2D eigenvalue weighted by atomic mass is 19.4. The van der Waals surface area contributed by atoms with Crippen molar-refractivity contribution >= 4 is 23.2 Å². The van der Waals surface area contributed by atoms with Crippen LogP contribution in [0.15, 0.2) is 48.7 Å². The summed E-state index contributed by atoms with van der Waals surface area (Å²) in [5.41, 5.74) is 2.30. The summed E-state index contributed by atoms with van der Waals surface area (Å²) in [6, 6.07) is 13.7. The van der Waals surface area contributed by atoms with Gasteiger partial charge in [-0.15, -0.1) is 5.10 Å². The zero-order valence-electron chi connectivity index (χ0n) is 14.1. The van der Waals surface area contributed by atoms with Crippen molar-refractivity contribution in [3.05, 3.63) is 54.2 Å². The van der Waals surface area contributed by atoms with Gasteiger partial charge in [0.2, 0.25) is 5.95 Å². The molecule has 1 saturated carbocycles. The second-order valence-electron chi connectivity index (χ2n) is 6.58. The van der Waals surface area contributed by atoms with E-state index in [-0.39, 0.29) is 5.41 Å². The Bertz CT molecular complexity index is 980. The summed E-state index contributed by atoms with van der Waals surface area (Å²) in [7, 11) is 0. The van der Waals surface area contributed by atoms with E-state index in [1.165, 1.54) is 10.1 Å². The molecule has 0 aliphatic heterocycles. The molecule has 0 unspecified atom stereocenters. The molecule has 0 bridgehead atoms. The normalized spacial score (nSPS) is 15.5. The lowest BCUT2D eigenvalue weighted by atomic mass is 9.96. The third kappa shape index (κ3) is 3.44. The molecule has 2 aromatic heterocycles. The van der Waals surface area contributed by atoms with Gasteiger partial charge >= 0.3 is 12.1 Å². The summed E-state index contributed by atoms with van der Waals surface area (Å²) in [6.45, 7) is 0.674. The predicted octanol–water partition coefficient (Wildman–Crippen LogP) is 3.37. The van der Waals surface area contributed by atoms with Crippen LogP contribution in [0, 0.1) is 0 Å². The van der Waals surface area contributed by atoms with Gasteiger partial charge in [-0.2, -0.15) is 18.2 Å². The van der Waals surface area contributed by atoms with Crippen molar-refractivity contribution in [1.82, 2.24) is 14.6 Å². The molecule has 2 N–H and O–H groups in total. The van der Waals surface area contributed by atoms with E-state index in [1.54, 1.807) is 23.6 Å². The number of halogens is 3. The minimum Gasteiger partial charge on any atom is -0.381 e. The monoisotopic (exact) mass is 375 g/mol. The van der Waals surface area contributed by atoms with E-state index >= 15 is 0 Å². The lowest BCUT2D eigenvalue weighted by Crippen LogP contribution is -2.30. The molecule has 6 nitrogen and oxygen atoms in total. The first-order valence-electron chi connectivity index (χ1n) is 8.40. The van der Waals surface area contributed by atoms with Crippen molar-refractivity contribution in [1.29, 1.82) is 0 Å². The zero-order valence-corrected chi connectivity index (χ0v) is 14.1. The highest BCUT2D eigenvalue weighted by Crippen LogP contribution is 2.48. The quantitative estimate of drug-likeness (QED) is 0.717. The van der Waals surface area contributed by atoms with E-state index < -0.39 is 18.0 Å². The van der Waals surface area contributed by atoms with Gasteiger partial charge in [-0.05, 0) is 30.5 Å². The summed E-state index contributed by atoms with van der Waals surface area (Å²) in [4.78, 5) is 15.1. The van der Waals surface area contributed by atoms with Crippen LogP contribution in [0.25, 0.3) is 5.65 Å². The Kier molecular flexibility index (Phi) is 4.01. The molecule has 4 rings (SSSR count). The van der Waals surface area contributed by atoms with Crippen LogP contribution in [0.1, 0.15) is 18.4 Å². The number of carbonyl (C=O) groups excluding carboxylic acids is 1. The largest absolute Gasteiger partial charge is 0.471 e. The predicted molar refractivity (Wildman–Crippen MR) is 93.5 cm³/mol. The van der Waals surface area contributed by atoms with Gasteiger partial charge in [0.15, 0.2) is 5.65 Å². The first kappa shape index (κ1) is 17.3. The molecular weight excluding hydrogens is 359 g/mol. The number of carbonyl (C=O) groups is 1. The van der Waals surface area contributed by atoms with E-state index in [9.17, 15) is 18.0 Å². The van der Waals surface area contributed by atoms with Crippen LogP contribution in [0.4, 0.5) is 24.8 Å². The Morgan fingerprint density at radius 1 is 1.15 bits per heavy atom. The Labute approximate surface area is 152 Å². The number of anilines is 2. The van der Waals surface area contributed by atoms with E-state index in [2.05, 4.69) is 27.5 Å². The molecule has 1 amide bonds. The third-order valence-electron chi connectivity index (χ3n) is 4.70. The number of aromatic nitrogens is 3. The van der Waals surface area contributed by atoms with Gasteiger partial charge in [0.25, 0.3) is 0 Å². The van der Waals surface area contributed by atoms with Crippen LogP contribution in [-0.4, -0.2) is 33.2 Å². The molecule has 1 fully saturated rings. The van der Waals surface area contributed by atoms with Crippen molar-refractivity contribution in [2.45, 2.75) is 24.4 Å². The maximum Gasteiger partial charge on any atom is 0.471 e. The van der Waals surface area contributed by atoms with Crippen molar-refractivity contribution in [2.75, 3.05) is 17.2 Å². The molecule has 140 valence electrons. The van der Waals surface area contributed by atoms with Crippen molar-refractivity contribution < 1.29 is 18.0 Å². The minimum absolute atomic E-state index is 0.0570. The number of amides is 1. The van der Waals surface area contributed by atoms with E-state index in [4.69, 9.17) is 0 Å². The highest BCUT2D eigenvalue weighted by molar-refractivity contribution is 5.93. The second-order valence-corrected chi connectivity index (χ2v) is 6.58. The third-order valence-corrected chi connectivity index (χ3v) is 4.70. The standard InChI is InChI=1S/C18H16F3N5O/c19-18(20,21)15(27)24-16-23-14-13(7-4-10-26(14)25-16)22-11-17(8-9-17)12-5-2-1-3-6-12/h1-7,10,22H,8-9,11H2,(H,24,25,27). The average Bonchev–Trinajstić information content (AvgIpc) is 3.32. The second kappa shape index (κ2) is 6.26. The van der Waals surface area contributed by atoms with Gasteiger partial charge in [0.05, 0.1) is 5.69 Å². The molecule has 0 radical (unpaired) electrons. The van der Waals surface area contributed by atoms with Crippen LogP contribution < -0.4 is 10.6 Å². The molecule has 3 aromatic rings. The molecule has 0 atom stereocenters. The molecule has 27 heavy (non-hydrogen) atoms. The van der Waals surface area contributed by atoms with E-state index in [0.717, 1.165) is 12.8 Å². The van der Waals surface area contributed by atoms with Gasteiger partial charge in [-0.25, -0.2) is 4.52 Å². The fourth-order valence-corrected chi connectivity index (χ4v) is 3.04. The van der Waals surface area contributed by atoms with Gasteiger partial charge in [-0.3, -0.25) is 10.1 Å². The average molecular weight is 375 g/mol. The number of nitrogens with one attached hydrogen (secondary N) is 2. The summed E-state index contributed by atoms with van der Waals surface area (Å²) in [6.07, 6.45) is -1.31. The van der Waals surface area contributed by atoms with Crippen LogP contribution in [-0.2, 0) is 10.2 Å². The van der Waals surface area contributed by atoms with Gasteiger partial charge in [0.1, 0.15) is 0 Å². The van der Waals surface area contributed by atoms with Gasteiger partial charge < -0.3 is 5.32 Å². The Morgan fingerprint density at radius 3 is 2.56 bits per heavy atom. The smallest absolute Gasteiger partial charge is 0.381 e. The number of hydrogen-bond donors (Lipinski definition) is 2. The highest BCUT2D eigenvalue weighted by Gasteiger charge is 2.44. The maximum atomic E-state index is 12.4. The Morgan fingerprint density at radius 2 is 1.89 bits per heavy atom. The lowest BCUT2D eigenvalue weighted by Gasteiger charge is -2.17. The Balaban J connectivity index is 1.54. The summed E-state index contributed by atoms with van der Waals surface area (Å²) < 4.78 is 38.5. The number of benzene rings is 1. The number of hydrogen-bond acceptors (Lipinski definition) is 4. The summed E-state index contributed by atoms with van der Waals surface area (Å²) >= 11 is 0. The molecule has 0 saturated heterocycles. The SMILES string of the molecule is O=C(Nc1nc2c(NCC3(c4ccccc4)CC3)cccn2n1)C(F)(F)F. The minimum atomic E-state index is -4.99. The van der Waals surface area contributed by atoms with Crippen molar-refractivity contribution in [3.8, 4) is 0 Å². The first-order valence-corrected chi connectivity index (χ1v) is 8.40. The topological polar surface area (TPSA) is 71.3 Å². The molecule has 1 aliphatic carbocycles. The number of fused-ring (bicyclic) bond motifs is 1. The Hall–Kier alpha value is -3.10. The van der Waals surface area contributed by atoms with Crippen LogP contribution in [0.3, 0.4) is 0 Å².